The molecule has 2 saturated carbocycles. The van der Waals surface area contributed by atoms with E-state index in [1.807, 2.05) is 0 Å². The van der Waals surface area contributed by atoms with Crippen molar-refractivity contribution in [1.82, 2.24) is 4.90 Å². The van der Waals surface area contributed by atoms with Crippen LogP contribution in [0.2, 0.25) is 0 Å². The minimum atomic E-state index is 0. The molecule has 3 aliphatic rings. The highest BCUT2D eigenvalue weighted by atomic mass is 35.5. The van der Waals surface area contributed by atoms with Crippen LogP contribution in [0.5, 0.6) is 0 Å². The van der Waals surface area contributed by atoms with E-state index < -0.39 is 0 Å². The van der Waals surface area contributed by atoms with Crippen molar-refractivity contribution in [2.45, 2.75) is 90.1 Å². The van der Waals surface area contributed by atoms with Crippen molar-refractivity contribution in [1.29, 1.82) is 0 Å². The number of nitrogens with zero attached hydrogens (tertiary/aromatic N) is 1. The Bertz CT molecular complexity index is 400. The lowest BCUT2D eigenvalue weighted by atomic mass is 9.65. The van der Waals surface area contributed by atoms with Crippen molar-refractivity contribution in [2.75, 3.05) is 6.54 Å². The van der Waals surface area contributed by atoms with Gasteiger partial charge in [0.1, 0.15) is 0 Å². The largest absolute Gasteiger partial charge is 0.339 e. The molecule has 1 aliphatic heterocycles. The van der Waals surface area contributed by atoms with Crippen LogP contribution in [0.15, 0.2) is 0 Å². The van der Waals surface area contributed by atoms with Gasteiger partial charge in [-0.15, -0.1) is 12.4 Å². The molecule has 0 aromatic rings. The molecule has 1 amide bonds. The summed E-state index contributed by atoms with van der Waals surface area (Å²) in [6.45, 7) is 5.57. The molecule has 24 heavy (non-hydrogen) atoms. The summed E-state index contributed by atoms with van der Waals surface area (Å²) < 4.78 is 0. The van der Waals surface area contributed by atoms with Gasteiger partial charge in [-0.3, -0.25) is 4.79 Å². The van der Waals surface area contributed by atoms with E-state index in [4.69, 9.17) is 5.73 Å². The molecule has 0 aromatic carbocycles. The van der Waals surface area contributed by atoms with E-state index in [2.05, 4.69) is 18.7 Å². The van der Waals surface area contributed by atoms with Crippen LogP contribution in [0, 0.1) is 23.7 Å². The second-order valence-corrected chi connectivity index (χ2v) is 8.86. The van der Waals surface area contributed by atoms with Gasteiger partial charge in [0, 0.05) is 24.5 Å². The molecule has 2 N–H and O–H groups in total. The molecule has 3 fully saturated rings. The Morgan fingerprint density at radius 3 is 2.33 bits per heavy atom. The fourth-order valence-electron chi connectivity index (χ4n) is 5.48. The Labute approximate surface area is 154 Å². The van der Waals surface area contributed by atoms with Gasteiger partial charge < -0.3 is 10.6 Å². The molecule has 3 atom stereocenters. The first kappa shape index (κ1) is 20.0. The van der Waals surface area contributed by atoms with E-state index in [0.717, 1.165) is 19.4 Å². The summed E-state index contributed by atoms with van der Waals surface area (Å²) in [5, 5.41) is 0. The van der Waals surface area contributed by atoms with Crippen LogP contribution in [-0.2, 0) is 4.79 Å². The number of amides is 1. The molecule has 3 unspecified atom stereocenters. The van der Waals surface area contributed by atoms with Gasteiger partial charge in [-0.1, -0.05) is 33.1 Å². The minimum Gasteiger partial charge on any atom is -0.339 e. The van der Waals surface area contributed by atoms with Crippen LogP contribution in [0.4, 0.5) is 0 Å². The number of rotatable bonds is 3. The van der Waals surface area contributed by atoms with Crippen LogP contribution < -0.4 is 5.73 Å². The van der Waals surface area contributed by atoms with Gasteiger partial charge in [-0.05, 0) is 62.7 Å². The van der Waals surface area contributed by atoms with Crippen LogP contribution in [0.25, 0.3) is 0 Å². The quantitative estimate of drug-likeness (QED) is 0.815. The van der Waals surface area contributed by atoms with Gasteiger partial charge in [0.05, 0.1) is 0 Å². The van der Waals surface area contributed by atoms with Gasteiger partial charge in [-0.2, -0.15) is 0 Å². The Morgan fingerprint density at radius 1 is 1.04 bits per heavy atom. The first-order chi connectivity index (χ1) is 11.1. The Kier molecular flexibility index (Phi) is 7.42. The Morgan fingerprint density at radius 2 is 1.71 bits per heavy atom. The minimum absolute atomic E-state index is 0. The molecule has 0 aromatic heterocycles. The summed E-state index contributed by atoms with van der Waals surface area (Å²) in [4.78, 5) is 15.6. The van der Waals surface area contributed by atoms with Gasteiger partial charge in [-0.25, -0.2) is 0 Å². The van der Waals surface area contributed by atoms with Crippen molar-refractivity contribution >= 4 is 18.3 Å². The highest BCUT2D eigenvalue weighted by Gasteiger charge is 2.42. The van der Waals surface area contributed by atoms with Gasteiger partial charge in [0.25, 0.3) is 0 Å². The summed E-state index contributed by atoms with van der Waals surface area (Å²) in [6, 6.07) is 0.851. The molecule has 1 saturated heterocycles. The number of hydrogen-bond donors (Lipinski definition) is 1. The second kappa shape index (κ2) is 8.89. The smallest absolute Gasteiger partial charge is 0.225 e. The molecule has 1 heterocycles. The molecule has 0 spiro atoms. The average Bonchev–Trinajstić information content (AvgIpc) is 2.71. The third-order valence-corrected chi connectivity index (χ3v) is 6.67. The summed E-state index contributed by atoms with van der Waals surface area (Å²) in [7, 11) is 0. The van der Waals surface area contributed by atoms with E-state index in [-0.39, 0.29) is 18.3 Å². The third-order valence-electron chi connectivity index (χ3n) is 6.67. The number of carbonyl (C=O) groups is 1. The normalized spacial score (nSPS) is 36.8. The van der Waals surface area contributed by atoms with E-state index in [9.17, 15) is 4.79 Å². The molecule has 3 rings (SSSR count). The number of hydrogen-bond acceptors (Lipinski definition) is 2. The van der Waals surface area contributed by atoms with E-state index in [1.54, 1.807) is 0 Å². The Balaban J connectivity index is 0.00000208. The maximum absolute atomic E-state index is 13.3. The number of halogens is 1. The standard InChI is InChI=1S/C20H36N2O.ClH/c1-14(2)11-18-9-4-3-5-10-22(18)20(23)17-12-15-7-6-8-16(13-17)19(15)21;/h14-19H,3-13,21H2,1-2H3;1H. The summed E-state index contributed by atoms with van der Waals surface area (Å²) in [5.41, 5.74) is 6.42. The van der Waals surface area contributed by atoms with Crippen molar-refractivity contribution in [3.05, 3.63) is 0 Å². The van der Waals surface area contributed by atoms with Crippen molar-refractivity contribution in [3.8, 4) is 0 Å². The van der Waals surface area contributed by atoms with E-state index >= 15 is 0 Å². The Hall–Kier alpha value is -0.280. The number of fused-ring (bicyclic) bond motifs is 2. The number of nitrogens with two attached hydrogens (primary N) is 1. The molecular weight excluding hydrogens is 320 g/mol. The second-order valence-electron chi connectivity index (χ2n) is 8.86. The zero-order valence-electron chi connectivity index (χ0n) is 15.6. The van der Waals surface area contributed by atoms with Crippen LogP contribution in [0.3, 0.4) is 0 Å². The van der Waals surface area contributed by atoms with Crippen molar-refractivity contribution in [3.63, 3.8) is 0 Å². The van der Waals surface area contributed by atoms with Crippen LogP contribution >= 0.6 is 12.4 Å². The molecule has 140 valence electrons. The maximum atomic E-state index is 13.3. The van der Waals surface area contributed by atoms with Gasteiger partial charge in [0.15, 0.2) is 0 Å². The zero-order chi connectivity index (χ0) is 16.4. The van der Waals surface area contributed by atoms with Crippen LogP contribution in [0.1, 0.15) is 78.1 Å². The lowest BCUT2D eigenvalue weighted by Crippen LogP contribution is -2.51. The number of likely N-dealkylation sites (tertiary alicyclic amines) is 1. The lowest BCUT2D eigenvalue weighted by molar-refractivity contribution is -0.141. The predicted octanol–water partition coefficient (Wildman–Crippen LogP) is 4.38. The first-order valence-corrected chi connectivity index (χ1v) is 10.1. The molecule has 0 radical (unpaired) electrons. The molecular formula is C20H37ClN2O. The maximum Gasteiger partial charge on any atom is 0.225 e. The van der Waals surface area contributed by atoms with Crippen LogP contribution in [-0.4, -0.2) is 29.4 Å². The highest BCUT2D eigenvalue weighted by molar-refractivity contribution is 5.85. The molecule has 2 bridgehead atoms. The molecule has 2 aliphatic carbocycles. The molecule has 3 nitrogen and oxygen atoms in total. The first-order valence-electron chi connectivity index (χ1n) is 10.1. The summed E-state index contributed by atoms with van der Waals surface area (Å²) >= 11 is 0. The van der Waals surface area contributed by atoms with E-state index in [1.165, 1.54) is 51.4 Å². The van der Waals surface area contributed by atoms with E-state index in [0.29, 0.717) is 35.7 Å². The van der Waals surface area contributed by atoms with Crippen molar-refractivity contribution in [2.24, 2.45) is 29.4 Å². The topological polar surface area (TPSA) is 46.3 Å². The molecule has 4 heteroatoms. The predicted molar refractivity (Wildman–Crippen MR) is 102 cm³/mol. The SMILES string of the molecule is CC(C)CC1CCCCCN1C(=O)C1CC2CCCC(C1)C2N.Cl. The third kappa shape index (κ3) is 4.46. The summed E-state index contributed by atoms with van der Waals surface area (Å²) in [5.74, 6) is 2.62. The highest BCUT2D eigenvalue weighted by Crippen LogP contribution is 2.43. The fraction of sp³-hybridized carbons (Fsp3) is 0.950. The van der Waals surface area contributed by atoms with Crippen molar-refractivity contribution < 1.29 is 4.79 Å². The lowest BCUT2D eigenvalue weighted by Gasteiger charge is -2.45. The number of carbonyl (C=O) groups excluding carboxylic acids is 1. The zero-order valence-corrected chi connectivity index (χ0v) is 16.4. The summed E-state index contributed by atoms with van der Waals surface area (Å²) in [6.07, 6.45) is 12.1. The van der Waals surface area contributed by atoms with Gasteiger partial charge >= 0.3 is 0 Å². The fourth-order valence-corrected chi connectivity index (χ4v) is 5.48. The monoisotopic (exact) mass is 356 g/mol. The average molecular weight is 357 g/mol. The van der Waals surface area contributed by atoms with Gasteiger partial charge in [0.2, 0.25) is 5.91 Å².